The van der Waals surface area contributed by atoms with Gasteiger partial charge in [0.1, 0.15) is 5.69 Å². The lowest BCUT2D eigenvalue weighted by Crippen LogP contribution is -2.35. The number of amides is 1. The number of benzene rings is 1. The predicted octanol–water partition coefficient (Wildman–Crippen LogP) is 0.875. The number of aliphatic hydroxyl groups is 1. The van der Waals surface area contributed by atoms with E-state index >= 15 is 0 Å². The number of anilines is 1. The SMILES string of the molecule is CC(=O)N(N)c1ccc(C(C)O)cc1[N+](=O)[O-]. The lowest BCUT2D eigenvalue weighted by atomic mass is 10.1. The Hall–Kier alpha value is -1.99. The molecular formula is C10H13N3O4. The number of carbonyl (C=O) groups excluding carboxylic acids is 1. The Bertz CT molecular complexity index is 459. The minimum Gasteiger partial charge on any atom is -0.389 e. The largest absolute Gasteiger partial charge is 0.389 e. The van der Waals surface area contributed by atoms with Crippen LogP contribution in [0.25, 0.3) is 0 Å². The second kappa shape index (κ2) is 4.89. The van der Waals surface area contributed by atoms with E-state index in [4.69, 9.17) is 5.84 Å². The number of hydrogen-bond acceptors (Lipinski definition) is 5. The monoisotopic (exact) mass is 239 g/mol. The average molecular weight is 239 g/mol. The lowest BCUT2D eigenvalue weighted by molar-refractivity contribution is -0.384. The molecule has 1 atom stereocenters. The predicted molar refractivity (Wildman–Crippen MR) is 61.1 cm³/mol. The Morgan fingerprint density at radius 3 is 2.59 bits per heavy atom. The van der Waals surface area contributed by atoms with Crippen molar-refractivity contribution in [3.63, 3.8) is 0 Å². The highest BCUT2D eigenvalue weighted by molar-refractivity contribution is 5.92. The maximum Gasteiger partial charge on any atom is 0.294 e. The van der Waals surface area contributed by atoms with Crippen LogP contribution >= 0.6 is 0 Å². The fraction of sp³-hybridized carbons (Fsp3) is 0.300. The van der Waals surface area contributed by atoms with Crippen molar-refractivity contribution >= 4 is 17.3 Å². The summed E-state index contributed by atoms with van der Waals surface area (Å²) in [4.78, 5) is 21.3. The van der Waals surface area contributed by atoms with Crippen LogP contribution in [-0.2, 0) is 4.79 Å². The van der Waals surface area contributed by atoms with Crippen molar-refractivity contribution < 1.29 is 14.8 Å². The first-order valence-electron chi connectivity index (χ1n) is 4.86. The van der Waals surface area contributed by atoms with Crippen LogP contribution in [0.5, 0.6) is 0 Å². The molecule has 7 heteroatoms. The first-order chi connectivity index (χ1) is 7.84. The van der Waals surface area contributed by atoms with Crippen LogP contribution in [-0.4, -0.2) is 15.9 Å². The summed E-state index contributed by atoms with van der Waals surface area (Å²) in [7, 11) is 0. The number of rotatable bonds is 3. The maximum absolute atomic E-state index is 11.1. The number of nitrogens with two attached hydrogens (primary N) is 1. The highest BCUT2D eigenvalue weighted by Crippen LogP contribution is 2.29. The van der Waals surface area contributed by atoms with E-state index in [2.05, 4.69) is 0 Å². The molecule has 0 saturated heterocycles. The second-order valence-corrected chi connectivity index (χ2v) is 3.57. The third-order valence-electron chi connectivity index (χ3n) is 2.28. The van der Waals surface area contributed by atoms with Crippen LogP contribution in [0.15, 0.2) is 18.2 Å². The van der Waals surface area contributed by atoms with Crippen LogP contribution < -0.4 is 10.9 Å². The number of aliphatic hydroxyl groups excluding tert-OH is 1. The number of carbonyl (C=O) groups is 1. The molecule has 1 aromatic carbocycles. The molecule has 0 aliphatic carbocycles. The summed E-state index contributed by atoms with van der Waals surface area (Å²) >= 11 is 0. The van der Waals surface area contributed by atoms with Gasteiger partial charge in [0, 0.05) is 13.0 Å². The third kappa shape index (κ3) is 2.77. The number of hydrazine groups is 1. The number of nitro groups is 1. The summed E-state index contributed by atoms with van der Waals surface area (Å²) in [6, 6.07) is 4.01. The molecule has 0 spiro atoms. The molecule has 92 valence electrons. The van der Waals surface area contributed by atoms with Gasteiger partial charge >= 0.3 is 0 Å². The molecule has 0 aliphatic heterocycles. The average Bonchev–Trinajstić information content (AvgIpc) is 2.26. The molecule has 1 unspecified atom stereocenters. The molecule has 3 N–H and O–H groups in total. The Kier molecular flexibility index (Phi) is 3.77. The molecule has 1 aromatic rings. The second-order valence-electron chi connectivity index (χ2n) is 3.57. The van der Waals surface area contributed by atoms with E-state index in [0.29, 0.717) is 10.6 Å². The molecule has 0 radical (unpaired) electrons. The van der Waals surface area contributed by atoms with Crippen molar-refractivity contribution in [3.05, 3.63) is 33.9 Å². The molecule has 17 heavy (non-hydrogen) atoms. The van der Waals surface area contributed by atoms with Crippen molar-refractivity contribution in [1.29, 1.82) is 0 Å². The first-order valence-corrected chi connectivity index (χ1v) is 4.86. The van der Waals surface area contributed by atoms with E-state index < -0.39 is 16.9 Å². The van der Waals surface area contributed by atoms with Gasteiger partial charge in [0.2, 0.25) is 5.91 Å². The van der Waals surface area contributed by atoms with E-state index in [1.807, 2.05) is 0 Å². The minimum absolute atomic E-state index is 0.00750. The van der Waals surface area contributed by atoms with Gasteiger partial charge in [-0.05, 0) is 18.6 Å². The normalized spacial score (nSPS) is 12.0. The Labute approximate surface area is 97.6 Å². The van der Waals surface area contributed by atoms with Crippen LogP contribution in [0.2, 0.25) is 0 Å². The summed E-state index contributed by atoms with van der Waals surface area (Å²) in [5.41, 5.74) is 0.0606. The van der Waals surface area contributed by atoms with E-state index in [0.717, 1.165) is 0 Å². The van der Waals surface area contributed by atoms with Gasteiger partial charge in [0.25, 0.3) is 5.69 Å². The van der Waals surface area contributed by atoms with Gasteiger partial charge in [0.05, 0.1) is 11.0 Å². The van der Waals surface area contributed by atoms with Gasteiger partial charge in [-0.15, -0.1) is 0 Å². The standard InChI is InChI=1S/C10H13N3O4/c1-6(14)8-3-4-9(12(11)7(2)15)10(5-8)13(16)17/h3-6,14H,11H2,1-2H3. The zero-order valence-corrected chi connectivity index (χ0v) is 9.45. The van der Waals surface area contributed by atoms with Crippen molar-refractivity contribution in [2.24, 2.45) is 5.84 Å². The van der Waals surface area contributed by atoms with Gasteiger partial charge in [-0.2, -0.15) is 0 Å². The van der Waals surface area contributed by atoms with Gasteiger partial charge in [-0.1, -0.05) is 6.07 Å². The van der Waals surface area contributed by atoms with Crippen molar-refractivity contribution in [3.8, 4) is 0 Å². The van der Waals surface area contributed by atoms with Gasteiger partial charge < -0.3 is 5.11 Å². The van der Waals surface area contributed by atoms with Crippen molar-refractivity contribution in [1.82, 2.24) is 0 Å². The number of hydrogen-bond donors (Lipinski definition) is 2. The number of nitro benzene ring substituents is 1. The molecule has 0 heterocycles. The fourth-order valence-corrected chi connectivity index (χ4v) is 1.32. The summed E-state index contributed by atoms with van der Waals surface area (Å²) in [5.74, 6) is 4.90. The third-order valence-corrected chi connectivity index (χ3v) is 2.28. The van der Waals surface area contributed by atoms with E-state index in [1.165, 1.54) is 32.0 Å². The molecular weight excluding hydrogens is 226 g/mol. The van der Waals surface area contributed by atoms with Crippen LogP contribution in [0.4, 0.5) is 11.4 Å². The van der Waals surface area contributed by atoms with Crippen molar-refractivity contribution in [2.75, 3.05) is 5.01 Å². The van der Waals surface area contributed by atoms with Gasteiger partial charge in [0.15, 0.2) is 0 Å². The quantitative estimate of drug-likeness (QED) is 0.352. The minimum atomic E-state index is -0.827. The smallest absolute Gasteiger partial charge is 0.294 e. The first kappa shape index (κ1) is 13.1. The Balaban J connectivity index is 3.32. The van der Waals surface area contributed by atoms with E-state index in [1.54, 1.807) is 0 Å². The van der Waals surface area contributed by atoms with E-state index in [9.17, 15) is 20.0 Å². The molecule has 0 fully saturated rings. The van der Waals surface area contributed by atoms with Crippen molar-refractivity contribution in [2.45, 2.75) is 20.0 Å². The Morgan fingerprint density at radius 2 is 2.18 bits per heavy atom. The van der Waals surface area contributed by atoms with Crippen LogP contribution in [0, 0.1) is 10.1 Å². The highest BCUT2D eigenvalue weighted by atomic mass is 16.6. The molecule has 0 aromatic heterocycles. The molecule has 0 aliphatic rings. The topological polar surface area (TPSA) is 110 Å². The number of nitrogens with zero attached hydrogens (tertiary/aromatic N) is 2. The van der Waals surface area contributed by atoms with E-state index in [-0.39, 0.29) is 11.4 Å². The molecule has 0 bridgehead atoms. The van der Waals surface area contributed by atoms with Crippen LogP contribution in [0.1, 0.15) is 25.5 Å². The fourth-order valence-electron chi connectivity index (χ4n) is 1.32. The highest BCUT2D eigenvalue weighted by Gasteiger charge is 2.21. The molecule has 0 saturated carbocycles. The summed E-state index contributed by atoms with van der Waals surface area (Å²) in [6.07, 6.45) is -0.827. The molecule has 7 nitrogen and oxygen atoms in total. The zero-order valence-electron chi connectivity index (χ0n) is 9.45. The summed E-state index contributed by atoms with van der Waals surface area (Å²) in [6.45, 7) is 2.69. The summed E-state index contributed by atoms with van der Waals surface area (Å²) in [5, 5.41) is 20.9. The summed E-state index contributed by atoms with van der Waals surface area (Å²) < 4.78 is 0. The zero-order chi connectivity index (χ0) is 13.2. The lowest BCUT2D eigenvalue weighted by Gasteiger charge is -2.15. The van der Waals surface area contributed by atoms with Gasteiger partial charge in [-0.3, -0.25) is 14.9 Å². The Morgan fingerprint density at radius 1 is 1.59 bits per heavy atom. The molecule has 1 rings (SSSR count). The van der Waals surface area contributed by atoms with Gasteiger partial charge in [-0.25, -0.2) is 10.9 Å². The maximum atomic E-state index is 11.1. The molecule has 1 amide bonds. The van der Waals surface area contributed by atoms with Crippen LogP contribution in [0.3, 0.4) is 0 Å².